The molecule has 0 aromatic heterocycles. The molecule has 136 valence electrons. The van der Waals surface area contributed by atoms with E-state index in [0.717, 1.165) is 27.7 Å². The number of ether oxygens (including phenoxy) is 4. The average molecular weight is 348 g/mol. The van der Waals surface area contributed by atoms with Crippen LogP contribution < -0.4 is 0 Å². The van der Waals surface area contributed by atoms with Crippen LogP contribution in [-0.4, -0.2) is 66.3 Å². The number of aliphatic hydroxyl groups is 1. The predicted molar refractivity (Wildman–Crippen MR) is 75.4 cm³/mol. The molecule has 0 rings (SSSR count). The van der Waals surface area contributed by atoms with Crippen molar-refractivity contribution < 1.29 is 48.0 Å². The summed E-state index contributed by atoms with van der Waals surface area (Å²) in [4.78, 5) is 55.6. The molecule has 0 spiro atoms. The second-order valence-corrected chi connectivity index (χ2v) is 4.73. The zero-order valence-corrected chi connectivity index (χ0v) is 13.7. The summed E-state index contributed by atoms with van der Waals surface area (Å²) in [5, 5.41) is 10.1. The first-order chi connectivity index (χ1) is 11.1. The van der Waals surface area contributed by atoms with Crippen LogP contribution in [0.4, 0.5) is 0 Å². The lowest BCUT2D eigenvalue weighted by molar-refractivity contribution is -0.195. The van der Waals surface area contributed by atoms with Gasteiger partial charge in [-0.3, -0.25) is 24.0 Å². The molecule has 4 atom stereocenters. The van der Waals surface area contributed by atoms with Crippen molar-refractivity contribution in [1.29, 1.82) is 0 Å². The van der Waals surface area contributed by atoms with Crippen molar-refractivity contribution in [2.24, 2.45) is 0 Å². The van der Waals surface area contributed by atoms with Crippen LogP contribution in [0.25, 0.3) is 0 Å². The Kier molecular flexibility index (Phi) is 9.25. The van der Waals surface area contributed by atoms with Gasteiger partial charge < -0.3 is 24.1 Å². The summed E-state index contributed by atoms with van der Waals surface area (Å²) in [6, 6.07) is 0. The minimum Gasteiger partial charge on any atom is -0.463 e. The SMILES string of the molecule is CC(=O)OC[C@@H](O)[C@H](OC(C)=O)[C@H](OC(C)=O)[C@H](C=O)OC(C)=O. The number of rotatable bonds is 9. The van der Waals surface area contributed by atoms with E-state index in [0.29, 0.717) is 0 Å². The molecule has 10 heteroatoms. The monoisotopic (exact) mass is 348 g/mol. The Hall–Kier alpha value is -2.49. The number of aldehydes is 1. The van der Waals surface area contributed by atoms with Gasteiger partial charge in [-0.25, -0.2) is 0 Å². The molecule has 0 aliphatic carbocycles. The summed E-state index contributed by atoms with van der Waals surface area (Å²) < 4.78 is 19.0. The van der Waals surface area contributed by atoms with Gasteiger partial charge in [0.2, 0.25) is 0 Å². The van der Waals surface area contributed by atoms with Crippen molar-refractivity contribution in [3.8, 4) is 0 Å². The lowest BCUT2D eigenvalue weighted by atomic mass is 10.0. The van der Waals surface area contributed by atoms with Gasteiger partial charge in [-0.1, -0.05) is 0 Å². The first-order valence-electron chi connectivity index (χ1n) is 6.86. The molecule has 0 aromatic carbocycles. The van der Waals surface area contributed by atoms with Gasteiger partial charge in [-0.2, -0.15) is 0 Å². The molecule has 0 saturated carbocycles. The van der Waals surface area contributed by atoms with Crippen LogP contribution in [0.15, 0.2) is 0 Å². The molecule has 24 heavy (non-hydrogen) atoms. The zero-order valence-electron chi connectivity index (χ0n) is 13.7. The summed E-state index contributed by atoms with van der Waals surface area (Å²) >= 11 is 0. The lowest BCUT2D eigenvalue weighted by Crippen LogP contribution is -2.52. The average Bonchev–Trinajstić information content (AvgIpc) is 2.45. The van der Waals surface area contributed by atoms with E-state index in [2.05, 4.69) is 4.74 Å². The van der Waals surface area contributed by atoms with Gasteiger partial charge >= 0.3 is 23.9 Å². The highest BCUT2D eigenvalue weighted by Gasteiger charge is 2.41. The number of hydrogen-bond acceptors (Lipinski definition) is 10. The highest BCUT2D eigenvalue weighted by atomic mass is 16.6. The van der Waals surface area contributed by atoms with E-state index < -0.39 is 54.9 Å². The maximum absolute atomic E-state index is 11.3. The van der Waals surface area contributed by atoms with Gasteiger partial charge in [0, 0.05) is 27.7 Å². The van der Waals surface area contributed by atoms with E-state index in [1.165, 1.54) is 0 Å². The molecular weight excluding hydrogens is 328 g/mol. The first-order valence-corrected chi connectivity index (χ1v) is 6.86. The Morgan fingerprint density at radius 3 is 1.67 bits per heavy atom. The van der Waals surface area contributed by atoms with Crippen molar-refractivity contribution in [3.63, 3.8) is 0 Å². The lowest BCUT2D eigenvalue weighted by Gasteiger charge is -2.31. The van der Waals surface area contributed by atoms with Crippen LogP contribution >= 0.6 is 0 Å². The minimum absolute atomic E-state index is 0.157. The van der Waals surface area contributed by atoms with E-state index in [1.54, 1.807) is 0 Å². The maximum Gasteiger partial charge on any atom is 0.303 e. The number of carbonyl (C=O) groups excluding carboxylic acids is 5. The number of esters is 4. The molecule has 10 nitrogen and oxygen atoms in total. The molecular formula is C14H20O10. The second kappa shape index (κ2) is 10.3. The van der Waals surface area contributed by atoms with E-state index in [4.69, 9.17) is 14.2 Å². The van der Waals surface area contributed by atoms with E-state index in [9.17, 15) is 29.1 Å². The van der Waals surface area contributed by atoms with Crippen molar-refractivity contribution in [3.05, 3.63) is 0 Å². The fourth-order valence-corrected chi connectivity index (χ4v) is 1.73. The highest BCUT2D eigenvalue weighted by Crippen LogP contribution is 2.17. The normalized spacial score (nSPS) is 15.2. The third-order valence-electron chi connectivity index (χ3n) is 2.52. The second-order valence-electron chi connectivity index (χ2n) is 4.73. The number of carbonyl (C=O) groups is 5. The zero-order chi connectivity index (χ0) is 18.9. The molecule has 0 bridgehead atoms. The minimum atomic E-state index is -1.64. The molecule has 0 unspecified atom stereocenters. The molecule has 0 aromatic rings. The van der Waals surface area contributed by atoms with Crippen LogP contribution in [0.1, 0.15) is 27.7 Å². The summed E-state index contributed by atoms with van der Waals surface area (Å²) in [5.74, 6) is -3.32. The van der Waals surface area contributed by atoms with Crippen LogP contribution in [0.5, 0.6) is 0 Å². The van der Waals surface area contributed by atoms with E-state index in [1.807, 2.05) is 0 Å². The Labute approximate surface area is 138 Å². The largest absolute Gasteiger partial charge is 0.463 e. The van der Waals surface area contributed by atoms with Crippen LogP contribution in [0.2, 0.25) is 0 Å². The predicted octanol–water partition coefficient (Wildman–Crippen LogP) is -1.10. The van der Waals surface area contributed by atoms with Gasteiger partial charge in [-0.05, 0) is 0 Å². The van der Waals surface area contributed by atoms with Gasteiger partial charge in [0.05, 0.1) is 0 Å². The van der Waals surface area contributed by atoms with Gasteiger partial charge in [0.15, 0.2) is 24.6 Å². The molecule has 1 N–H and O–H groups in total. The number of hydrogen-bond donors (Lipinski definition) is 1. The summed E-state index contributed by atoms with van der Waals surface area (Å²) in [5.41, 5.74) is 0. The molecule has 0 fully saturated rings. The fraction of sp³-hybridized carbons (Fsp3) is 0.643. The topological polar surface area (TPSA) is 143 Å². The van der Waals surface area contributed by atoms with Crippen molar-refractivity contribution in [2.45, 2.75) is 52.1 Å². The van der Waals surface area contributed by atoms with E-state index >= 15 is 0 Å². The summed E-state index contributed by atoms with van der Waals surface area (Å²) in [6.07, 6.45) is -6.36. The van der Waals surface area contributed by atoms with Crippen molar-refractivity contribution in [2.75, 3.05) is 6.61 Å². The Morgan fingerprint density at radius 2 is 1.29 bits per heavy atom. The van der Waals surface area contributed by atoms with Crippen molar-refractivity contribution in [1.82, 2.24) is 0 Å². The third-order valence-corrected chi connectivity index (χ3v) is 2.52. The quantitative estimate of drug-likeness (QED) is 0.310. The Balaban J connectivity index is 5.55. The van der Waals surface area contributed by atoms with Gasteiger partial charge in [0.25, 0.3) is 0 Å². The summed E-state index contributed by atoms with van der Waals surface area (Å²) in [7, 11) is 0. The molecule has 0 radical (unpaired) electrons. The highest BCUT2D eigenvalue weighted by molar-refractivity contribution is 5.72. The first kappa shape index (κ1) is 21.5. The fourth-order valence-electron chi connectivity index (χ4n) is 1.73. The number of aliphatic hydroxyl groups excluding tert-OH is 1. The van der Waals surface area contributed by atoms with E-state index in [-0.39, 0.29) is 6.29 Å². The molecule has 0 aliphatic heterocycles. The molecule has 0 amide bonds. The Bertz CT molecular complexity index is 486. The summed E-state index contributed by atoms with van der Waals surface area (Å²) in [6.45, 7) is 3.52. The van der Waals surface area contributed by atoms with Gasteiger partial charge in [-0.15, -0.1) is 0 Å². The maximum atomic E-state index is 11.3. The Morgan fingerprint density at radius 1 is 0.833 bits per heavy atom. The molecule has 0 heterocycles. The third kappa shape index (κ3) is 8.22. The smallest absolute Gasteiger partial charge is 0.303 e. The van der Waals surface area contributed by atoms with Crippen LogP contribution in [0.3, 0.4) is 0 Å². The molecule has 0 saturated heterocycles. The van der Waals surface area contributed by atoms with Crippen LogP contribution in [0, 0.1) is 0 Å². The standard InChI is InChI=1S/C14H20O10/c1-7(16)21-6-11(20)13(23-9(3)18)14(24-10(4)19)12(5-15)22-8(2)17/h5,11-14,20H,6H2,1-4H3/t11-,12+,13+,14-/m1/s1. The van der Waals surface area contributed by atoms with Gasteiger partial charge in [0.1, 0.15) is 12.7 Å². The van der Waals surface area contributed by atoms with Crippen molar-refractivity contribution >= 4 is 30.2 Å². The van der Waals surface area contributed by atoms with Crippen LogP contribution in [-0.2, 0) is 42.9 Å². The molecule has 0 aliphatic rings.